The summed E-state index contributed by atoms with van der Waals surface area (Å²) in [6.45, 7) is -0.568. The fourth-order valence-corrected chi connectivity index (χ4v) is 5.00. The van der Waals surface area contributed by atoms with Crippen LogP contribution >= 0.6 is 23.2 Å². The molecule has 0 saturated heterocycles. The minimum Gasteiger partial charge on any atom is -0.493 e. The highest BCUT2D eigenvalue weighted by molar-refractivity contribution is 7.92. The fourth-order valence-electron chi connectivity index (χ4n) is 2.98. The standard InChI is InChI=1S/C23H21Cl2N3O5S/c1-32-21-11-8-16(12-22(21)33-2)14-26-27-23(29)15-28(20-10-9-17(24)13-19(20)25)34(30,31)18-6-4-3-5-7-18/h3-14H,15H2,1-2H3,(H,27,29)/b26-14-. The summed E-state index contributed by atoms with van der Waals surface area (Å²) < 4.78 is 38.0. The number of hydrogen-bond acceptors (Lipinski definition) is 6. The summed E-state index contributed by atoms with van der Waals surface area (Å²) in [5.74, 6) is 0.364. The van der Waals surface area contributed by atoms with Crippen LogP contribution in [0.25, 0.3) is 0 Å². The van der Waals surface area contributed by atoms with Gasteiger partial charge in [-0.15, -0.1) is 0 Å². The SMILES string of the molecule is COc1ccc(/C=N\NC(=O)CN(c2ccc(Cl)cc2Cl)S(=O)(=O)c2ccccc2)cc1OC. The van der Waals surface area contributed by atoms with E-state index in [-0.39, 0.29) is 15.6 Å². The molecule has 0 aliphatic heterocycles. The fraction of sp³-hybridized carbons (Fsp3) is 0.130. The van der Waals surface area contributed by atoms with E-state index in [1.807, 2.05) is 0 Å². The third kappa shape index (κ3) is 5.99. The van der Waals surface area contributed by atoms with E-state index in [9.17, 15) is 13.2 Å². The molecule has 0 radical (unpaired) electrons. The molecule has 8 nitrogen and oxygen atoms in total. The third-order valence-electron chi connectivity index (χ3n) is 4.61. The van der Waals surface area contributed by atoms with Crippen LogP contribution in [0.15, 0.2) is 76.7 Å². The molecule has 1 N–H and O–H groups in total. The van der Waals surface area contributed by atoms with Crippen molar-refractivity contribution in [3.05, 3.63) is 82.3 Å². The van der Waals surface area contributed by atoms with E-state index in [1.54, 1.807) is 36.4 Å². The molecule has 0 unspecified atom stereocenters. The van der Waals surface area contributed by atoms with Crippen LogP contribution in [0.1, 0.15) is 5.56 Å². The predicted octanol–water partition coefficient (Wildman–Crippen LogP) is 4.36. The Labute approximate surface area is 207 Å². The van der Waals surface area contributed by atoms with Crippen molar-refractivity contribution in [2.45, 2.75) is 4.90 Å². The first-order chi connectivity index (χ1) is 16.3. The molecule has 11 heteroatoms. The molecular weight excluding hydrogens is 501 g/mol. The largest absolute Gasteiger partial charge is 0.493 e. The van der Waals surface area contributed by atoms with E-state index in [1.165, 1.54) is 50.8 Å². The smallest absolute Gasteiger partial charge is 0.264 e. The van der Waals surface area contributed by atoms with E-state index in [0.717, 1.165) is 4.31 Å². The molecule has 0 saturated carbocycles. The van der Waals surface area contributed by atoms with Crippen molar-refractivity contribution in [1.82, 2.24) is 5.43 Å². The average Bonchev–Trinajstić information content (AvgIpc) is 2.83. The topological polar surface area (TPSA) is 97.3 Å². The first-order valence-electron chi connectivity index (χ1n) is 9.83. The summed E-state index contributed by atoms with van der Waals surface area (Å²) in [5.41, 5.74) is 3.07. The van der Waals surface area contributed by atoms with Gasteiger partial charge in [-0.3, -0.25) is 9.10 Å². The van der Waals surface area contributed by atoms with Crippen LogP contribution in [0.2, 0.25) is 10.0 Å². The molecule has 34 heavy (non-hydrogen) atoms. The molecule has 0 aliphatic rings. The summed E-state index contributed by atoms with van der Waals surface area (Å²) in [6.07, 6.45) is 1.39. The van der Waals surface area contributed by atoms with Crippen LogP contribution in [-0.4, -0.2) is 41.3 Å². The first kappa shape index (κ1) is 25.4. The van der Waals surface area contributed by atoms with Gasteiger partial charge in [0, 0.05) is 5.02 Å². The number of hydrogen-bond donors (Lipinski definition) is 1. The van der Waals surface area contributed by atoms with Crippen molar-refractivity contribution in [3.8, 4) is 11.5 Å². The molecule has 0 bridgehead atoms. The maximum Gasteiger partial charge on any atom is 0.264 e. The van der Waals surface area contributed by atoms with Gasteiger partial charge < -0.3 is 9.47 Å². The van der Waals surface area contributed by atoms with Crippen molar-refractivity contribution < 1.29 is 22.7 Å². The quantitative estimate of drug-likeness (QED) is 0.333. The second-order valence-electron chi connectivity index (χ2n) is 6.83. The van der Waals surface area contributed by atoms with Crippen molar-refractivity contribution in [2.24, 2.45) is 5.10 Å². The van der Waals surface area contributed by atoms with E-state index < -0.39 is 22.5 Å². The van der Waals surface area contributed by atoms with Crippen LogP contribution in [0, 0.1) is 0 Å². The number of rotatable bonds is 9. The first-order valence-corrected chi connectivity index (χ1v) is 12.0. The highest BCUT2D eigenvalue weighted by atomic mass is 35.5. The van der Waals surface area contributed by atoms with Gasteiger partial charge in [0.1, 0.15) is 6.54 Å². The maximum absolute atomic E-state index is 13.3. The van der Waals surface area contributed by atoms with Crippen molar-refractivity contribution in [3.63, 3.8) is 0 Å². The van der Waals surface area contributed by atoms with Gasteiger partial charge in [0.2, 0.25) is 0 Å². The number of carbonyl (C=O) groups is 1. The molecule has 1 amide bonds. The summed E-state index contributed by atoms with van der Waals surface area (Å²) in [7, 11) is -1.09. The highest BCUT2D eigenvalue weighted by Crippen LogP contribution is 2.32. The average molecular weight is 522 g/mol. The molecular formula is C23H21Cl2N3O5S. The van der Waals surface area contributed by atoms with Gasteiger partial charge in [-0.1, -0.05) is 41.4 Å². The number of benzene rings is 3. The number of hydrazone groups is 1. The number of nitrogens with zero attached hydrogens (tertiary/aromatic N) is 2. The molecule has 0 aliphatic carbocycles. The van der Waals surface area contributed by atoms with Crippen molar-refractivity contribution in [2.75, 3.05) is 25.1 Å². The summed E-state index contributed by atoms with van der Waals surface area (Å²) >= 11 is 12.2. The van der Waals surface area contributed by atoms with Gasteiger partial charge in [-0.25, -0.2) is 13.8 Å². The Bertz CT molecular complexity index is 1300. The predicted molar refractivity (Wildman–Crippen MR) is 133 cm³/mol. The van der Waals surface area contributed by atoms with Gasteiger partial charge in [0.15, 0.2) is 11.5 Å². The second kappa shape index (κ2) is 11.2. The molecule has 3 aromatic carbocycles. The summed E-state index contributed by atoms with van der Waals surface area (Å²) in [4.78, 5) is 12.7. The van der Waals surface area contributed by atoms with Gasteiger partial charge in [0.05, 0.1) is 36.0 Å². The van der Waals surface area contributed by atoms with E-state index >= 15 is 0 Å². The van der Waals surface area contributed by atoms with Gasteiger partial charge in [-0.2, -0.15) is 5.10 Å². The zero-order chi connectivity index (χ0) is 24.7. The zero-order valence-corrected chi connectivity index (χ0v) is 20.6. The van der Waals surface area contributed by atoms with Crippen molar-refractivity contribution in [1.29, 1.82) is 0 Å². The lowest BCUT2D eigenvalue weighted by atomic mass is 10.2. The highest BCUT2D eigenvalue weighted by Gasteiger charge is 2.28. The van der Waals surface area contributed by atoms with E-state index in [0.29, 0.717) is 22.1 Å². The minimum atomic E-state index is -4.12. The number of anilines is 1. The lowest BCUT2D eigenvalue weighted by Gasteiger charge is -2.24. The van der Waals surface area contributed by atoms with Gasteiger partial charge >= 0.3 is 0 Å². The lowest BCUT2D eigenvalue weighted by Crippen LogP contribution is -2.39. The lowest BCUT2D eigenvalue weighted by molar-refractivity contribution is -0.119. The molecule has 178 valence electrons. The number of amides is 1. The normalized spacial score (nSPS) is 11.3. The molecule has 0 spiro atoms. The summed E-state index contributed by atoms with van der Waals surface area (Å²) in [5, 5.41) is 4.32. The van der Waals surface area contributed by atoms with Gasteiger partial charge in [0.25, 0.3) is 15.9 Å². The molecule has 3 rings (SSSR count). The summed E-state index contributed by atoms with van der Waals surface area (Å²) in [6, 6.07) is 17.1. The Balaban J connectivity index is 1.84. The Morgan fingerprint density at radius 2 is 1.71 bits per heavy atom. The molecule has 0 heterocycles. The third-order valence-corrected chi connectivity index (χ3v) is 6.92. The zero-order valence-electron chi connectivity index (χ0n) is 18.2. The number of ether oxygens (including phenoxy) is 2. The minimum absolute atomic E-state index is 0.00245. The maximum atomic E-state index is 13.3. The van der Waals surface area contributed by atoms with Crippen LogP contribution in [0.4, 0.5) is 5.69 Å². The van der Waals surface area contributed by atoms with Crippen LogP contribution in [0.3, 0.4) is 0 Å². The molecule has 0 aromatic heterocycles. The number of methoxy groups -OCH3 is 2. The Kier molecular flexibility index (Phi) is 8.38. The number of carbonyl (C=O) groups excluding carboxylic acids is 1. The number of halogens is 2. The van der Waals surface area contributed by atoms with Crippen LogP contribution < -0.4 is 19.2 Å². The Morgan fingerprint density at radius 1 is 1.00 bits per heavy atom. The Morgan fingerprint density at radius 3 is 2.35 bits per heavy atom. The van der Waals surface area contributed by atoms with Gasteiger partial charge in [-0.05, 0) is 54.1 Å². The monoisotopic (exact) mass is 521 g/mol. The van der Waals surface area contributed by atoms with Crippen molar-refractivity contribution >= 4 is 51.0 Å². The Hall–Kier alpha value is -3.27. The number of nitrogens with one attached hydrogen (secondary N) is 1. The van der Waals surface area contributed by atoms with Crippen LogP contribution in [0.5, 0.6) is 11.5 Å². The van der Waals surface area contributed by atoms with Crippen LogP contribution in [-0.2, 0) is 14.8 Å². The molecule has 0 fully saturated rings. The number of sulfonamides is 1. The van der Waals surface area contributed by atoms with E-state index in [4.69, 9.17) is 32.7 Å². The molecule has 0 atom stereocenters. The second-order valence-corrected chi connectivity index (χ2v) is 9.53. The van der Waals surface area contributed by atoms with E-state index in [2.05, 4.69) is 10.5 Å². The molecule has 3 aromatic rings.